The molecule has 0 fully saturated rings. The van der Waals surface area contributed by atoms with Crippen molar-refractivity contribution in [3.05, 3.63) is 107 Å². The maximum Gasteiger partial charge on any atom is 0.214 e. The highest BCUT2D eigenvalue weighted by Gasteiger charge is 2.36. The summed E-state index contributed by atoms with van der Waals surface area (Å²) < 4.78 is 27.5. The number of imidazole rings is 1. The summed E-state index contributed by atoms with van der Waals surface area (Å²) in [5.41, 5.74) is 2.54. The molecule has 0 spiro atoms. The second kappa shape index (κ2) is 9.07. The molecule has 0 radical (unpaired) electrons. The first-order valence-electron chi connectivity index (χ1n) is 11.7. The fraction of sp³-hybridized carbons (Fsp3) is 0.107. The van der Waals surface area contributed by atoms with Crippen LogP contribution in [0.25, 0.3) is 17.1 Å². The minimum atomic E-state index is -0.360. The number of hydrogen-bond acceptors (Lipinski definition) is 7. The number of halogens is 1. The molecule has 0 unspecified atom stereocenters. The van der Waals surface area contributed by atoms with E-state index < -0.39 is 0 Å². The largest absolute Gasteiger partial charge is 0.497 e. The van der Waals surface area contributed by atoms with Crippen molar-refractivity contribution in [2.24, 2.45) is 0 Å². The molecule has 0 bridgehead atoms. The molecule has 1 aliphatic carbocycles. The van der Waals surface area contributed by atoms with Crippen molar-refractivity contribution in [1.29, 1.82) is 0 Å². The molecule has 0 saturated heterocycles. The molecule has 1 aliphatic rings. The Morgan fingerprint density at radius 1 is 0.868 bits per heavy atom. The molecule has 9 nitrogen and oxygen atoms in total. The average Bonchev–Trinajstić information content (AvgIpc) is 3.57. The Kier molecular flexibility index (Phi) is 5.56. The third-order valence-electron chi connectivity index (χ3n) is 6.42. The number of fused-ring (bicyclic) bond motifs is 2. The number of methoxy groups -OCH3 is 2. The van der Waals surface area contributed by atoms with Gasteiger partial charge in [-0.15, -0.1) is 5.10 Å². The van der Waals surface area contributed by atoms with Crippen LogP contribution in [0.4, 0.5) is 4.39 Å². The fourth-order valence-electron chi connectivity index (χ4n) is 4.57. The molecule has 0 aliphatic heterocycles. The van der Waals surface area contributed by atoms with Gasteiger partial charge in [0.05, 0.1) is 38.2 Å². The predicted molar refractivity (Wildman–Crippen MR) is 134 cm³/mol. The first-order chi connectivity index (χ1) is 18.5. The minimum absolute atomic E-state index is 0.0625. The van der Waals surface area contributed by atoms with Crippen LogP contribution in [0.15, 0.2) is 72.9 Å². The monoisotopic (exact) mass is 509 g/mol. The summed E-state index contributed by atoms with van der Waals surface area (Å²) in [6, 6.07) is 17.7. The smallest absolute Gasteiger partial charge is 0.214 e. The number of ketones is 2. The second-order valence-corrected chi connectivity index (χ2v) is 8.62. The van der Waals surface area contributed by atoms with Crippen molar-refractivity contribution in [1.82, 2.24) is 24.5 Å². The van der Waals surface area contributed by atoms with Crippen molar-refractivity contribution in [3.63, 3.8) is 0 Å². The molecule has 2 heterocycles. The normalized spacial score (nSPS) is 12.3. The summed E-state index contributed by atoms with van der Waals surface area (Å²) in [6.07, 6.45) is 1.68. The van der Waals surface area contributed by atoms with Crippen LogP contribution in [0.1, 0.15) is 37.8 Å². The molecular formula is C28H20FN5O4. The predicted octanol–water partition coefficient (Wildman–Crippen LogP) is 4.11. The van der Waals surface area contributed by atoms with Gasteiger partial charge < -0.3 is 14.0 Å². The molecule has 0 N–H and O–H groups in total. The van der Waals surface area contributed by atoms with Gasteiger partial charge in [0.25, 0.3) is 0 Å². The summed E-state index contributed by atoms with van der Waals surface area (Å²) in [6.45, 7) is 0.0925. The van der Waals surface area contributed by atoms with E-state index in [1.54, 1.807) is 72.5 Å². The van der Waals surface area contributed by atoms with Crippen LogP contribution in [0.2, 0.25) is 0 Å². The Morgan fingerprint density at radius 3 is 2.32 bits per heavy atom. The summed E-state index contributed by atoms with van der Waals surface area (Å²) in [5, 5.41) is 8.41. The number of carbonyl (C=O) groups is 2. The highest BCUT2D eigenvalue weighted by atomic mass is 19.1. The highest BCUT2D eigenvalue weighted by Crippen LogP contribution is 2.37. The van der Waals surface area contributed by atoms with Crippen molar-refractivity contribution < 1.29 is 23.5 Å². The average molecular weight is 509 g/mol. The summed E-state index contributed by atoms with van der Waals surface area (Å²) in [5.74, 6) is 0.390. The molecule has 6 rings (SSSR count). The third kappa shape index (κ3) is 3.74. The van der Waals surface area contributed by atoms with Crippen LogP contribution < -0.4 is 9.47 Å². The highest BCUT2D eigenvalue weighted by molar-refractivity contribution is 6.27. The fourth-order valence-corrected chi connectivity index (χ4v) is 4.57. The van der Waals surface area contributed by atoms with Gasteiger partial charge in [-0.3, -0.25) is 9.59 Å². The van der Waals surface area contributed by atoms with E-state index in [-0.39, 0.29) is 35.3 Å². The first kappa shape index (κ1) is 23.3. The van der Waals surface area contributed by atoms with Crippen LogP contribution >= 0.6 is 0 Å². The van der Waals surface area contributed by atoms with Gasteiger partial charge in [0.1, 0.15) is 40.2 Å². The Morgan fingerprint density at radius 2 is 1.61 bits per heavy atom. The van der Waals surface area contributed by atoms with Gasteiger partial charge >= 0.3 is 0 Å². The summed E-state index contributed by atoms with van der Waals surface area (Å²) >= 11 is 0. The van der Waals surface area contributed by atoms with Crippen LogP contribution in [0, 0.1) is 5.82 Å². The van der Waals surface area contributed by atoms with Crippen molar-refractivity contribution in [2.45, 2.75) is 6.54 Å². The second-order valence-electron chi connectivity index (χ2n) is 8.62. The third-order valence-corrected chi connectivity index (χ3v) is 6.42. The number of carbonyl (C=O) groups excluding carboxylic acids is 2. The molecule has 188 valence electrons. The number of hydrogen-bond donors (Lipinski definition) is 0. The van der Waals surface area contributed by atoms with Crippen molar-refractivity contribution in [3.8, 4) is 28.6 Å². The topological polar surface area (TPSA) is 101 Å². The quantitative estimate of drug-likeness (QED) is 0.333. The molecule has 0 saturated carbocycles. The Bertz CT molecular complexity index is 1720. The Labute approximate surface area is 216 Å². The molecule has 0 atom stereocenters. The number of rotatable bonds is 6. The molecule has 2 aromatic heterocycles. The van der Waals surface area contributed by atoms with Gasteiger partial charge in [0, 0.05) is 17.2 Å². The Hall–Kier alpha value is -5.12. The zero-order valence-corrected chi connectivity index (χ0v) is 20.4. The molecular weight excluding hydrogens is 489 g/mol. The maximum absolute atomic E-state index is 13.7. The number of ether oxygens (including phenoxy) is 2. The van der Waals surface area contributed by atoms with E-state index in [2.05, 4.69) is 15.3 Å². The van der Waals surface area contributed by atoms with Crippen molar-refractivity contribution in [2.75, 3.05) is 14.2 Å². The number of benzene rings is 3. The maximum atomic E-state index is 13.7. The molecule has 5 aromatic rings. The van der Waals surface area contributed by atoms with Crippen LogP contribution in [-0.4, -0.2) is 50.3 Å². The molecule has 0 amide bonds. The standard InChI is InChI=1S/C28H20FN5O4/c1-37-19-11-12-22(23(13-19)38-2)28-30-24-25(27(36)21-6-4-3-5-20(21)26(24)35)33(28)14-17-15-34(32-31-17)18-9-7-16(29)8-10-18/h3-13,15H,14H2,1-2H3. The van der Waals surface area contributed by atoms with E-state index in [1.165, 1.54) is 23.9 Å². The van der Waals surface area contributed by atoms with Gasteiger partial charge in [0.15, 0.2) is 0 Å². The van der Waals surface area contributed by atoms with Crippen LogP contribution in [-0.2, 0) is 6.54 Å². The van der Waals surface area contributed by atoms with E-state index in [0.717, 1.165) is 0 Å². The first-order valence-corrected chi connectivity index (χ1v) is 11.7. The van der Waals surface area contributed by atoms with E-state index in [4.69, 9.17) is 9.47 Å². The number of nitrogens with zero attached hydrogens (tertiary/aromatic N) is 5. The van der Waals surface area contributed by atoms with Gasteiger partial charge in [0.2, 0.25) is 11.6 Å². The van der Waals surface area contributed by atoms with Gasteiger partial charge in [-0.2, -0.15) is 0 Å². The van der Waals surface area contributed by atoms with E-state index in [1.807, 2.05) is 0 Å². The van der Waals surface area contributed by atoms with E-state index in [9.17, 15) is 14.0 Å². The number of aromatic nitrogens is 5. The minimum Gasteiger partial charge on any atom is -0.497 e. The van der Waals surface area contributed by atoms with E-state index >= 15 is 0 Å². The zero-order valence-electron chi connectivity index (χ0n) is 20.4. The Balaban J connectivity index is 1.51. The van der Waals surface area contributed by atoms with Gasteiger partial charge in [-0.1, -0.05) is 29.5 Å². The lowest BCUT2D eigenvalue weighted by atomic mass is 9.90. The van der Waals surface area contributed by atoms with E-state index in [0.29, 0.717) is 45.4 Å². The zero-order chi connectivity index (χ0) is 26.4. The summed E-state index contributed by atoms with van der Waals surface area (Å²) in [7, 11) is 3.07. The van der Waals surface area contributed by atoms with Gasteiger partial charge in [-0.05, 0) is 36.4 Å². The van der Waals surface area contributed by atoms with Crippen LogP contribution in [0.3, 0.4) is 0 Å². The molecule has 3 aromatic carbocycles. The molecule has 10 heteroatoms. The lowest BCUT2D eigenvalue weighted by molar-refractivity contribution is 0.0971. The lowest BCUT2D eigenvalue weighted by Gasteiger charge is -2.16. The summed E-state index contributed by atoms with van der Waals surface area (Å²) in [4.78, 5) is 31.8. The van der Waals surface area contributed by atoms with Gasteiger partial charge in [-0.25, -0.2) is 14.1 Å². The SMILES string of the molecule is COc1ccc(-c2nc3c(n2Cc2cn(-c4ccc(F)cc4)nn2)C(=O)c2ccccc2C3=O)c(OC)c1. The molecule has 38 heavy (non-hydrogen) atoms. The lowest BCUT2D eigenvalue weighted by Crippen LogP contribution is -2.23. The van der Waals surface area contributed by atoms with Crippen LogP contribution in [0.5, 0.6) is 11.5 Å². The van der Waals surface area contributed by atoms with Crippen molar-refractivity contribution >= 4 is 11.6 Å².